The van der Waals surface area contributed by atoms with Crippen LogP contribution in [0.1, 0.15) is 32.7 Å². The van der Waals surface area contributed by atoms with Crippen molar-refractivity contribution in [1.82, 2.24) is 14.8 Å². The number of aromatic nitrogens is 3. The van der Waals surface area contributed by atoms with Crippen LogP contribution in [0.15, 0.2) is 47.6 Å². The summed E-state index contributed by atoms with van der Waals surface area (Å²) in [4.78, 5) is 12.5. The third-order valence-corrected chi connectivity index (χ3v) is 5.91. The Labute approximate surface area is 201 Å². The van der Waals surface area contributed by atoms with Crippen LogP contribution in [0.25, 0.3) is 0 Å². The number of carbonyl (C=O) groups is 1. The lowest BCUT2D eigenvalue weighted by Crippen LogP contribution is -2.16. The van der Waals surface area contributed by atoms with Gasteiger partial charge >= 0.3 is 0 Å². The van der Waals surface area contributed by atoms with E-state index in [1.54, 1.807) is 24.3 Å². The minimum atomic E-state index is -0.401. The van der Waals surface area contributed by atoms with Gasteiger partial charge in [0.1, 0.15) is 11.5 Å². The van der Waals surface area contributed by atoms with Gasteiger partial charge in [-0.3, -0.25) is 4.79 Å². The van der Waals surface area contributed by atoms with E-state index in [9.17, 15) is 4.79 Å². The van der Waals surface area contributed by atoms with Crippen LogP contribution in [-0.4, -0.2) is 33.0 Å². The third kappa shape index (κ3) is 6.09. The molecule has 1 amide bonds. The predicted octanol–water partition coefficient (Wildman–Crippen LogP) is 5.87. The van der Waals surface area contributed by atoms with Crippen molar-refractivity contribution >= 4 is 46.6 Å². The van der Waals surface area contributed by atoms with Gasteiger partial charge in [0.05, 0.1) is 23.1 Å². The summed E-state index contributed by atoms with van der Waals surface area (Å²) in [6, 6.07) is 12.4. The molecule has 0 aliphatic carbocycles. The first-order valence-corrected chi connectivity index (χ1v) is 11.9. The fraction of sp³-hybridized carbons (Fsp3) is 0.318. The smallest absolute Gasteiger partial charge is 0.234 e. The number of ether oxygens (including phenoxy) is 2. The van der Waals surface area contributed by atoms with Gasteiger partial charge in [-0.15, -0.1) is 10.2 Å². The Hall–Kier alpha value is -2.42. The molecule has 3 rings (SSSR count). The lowest BCUT2D eigenvalue weighted by Gasteiger charge is -2.16. The van der Waals surface area contributed by atoms with Crippen molar-refractivity contribution in [2.24, 2.45) is 0 Å². The Balaban J connectivity index is 1.65. The summed E-state index contributed by atoms with van der Waals surface area (Å²) in [5.41, 5.74) is 0.638. The number of thioether (sulfide) groups is 1. The molecule has 0 saturated heterocycles. The summed E-state index contributed by atoms with van der Waals surface area (Å²) in [5, 5.41) is 13.0. The molecular formula is C22H24Cl2N4O3S. The van der Waals surface area contributed by atoms with E-state index >= 15 is 0 Å². The first-order valence-electron chi connectivity index (χ1n) is 10.1. The molecule has 0 fully saturated rings. The molecule has 2 aromatic carbocycles. The largest absolute Gasteiger partial charge is 0.492 e. The first kappa shape index (κ1) is 24.2. The van der Waals surface area contributed by atoms with E-state index in [0.29, 0.717) is 51.4 Å². The second-order valence-corrected chi connectivity index (χ2v) is 8.47. The number of nitrogens with one attached hydrogen (secondary N) is 1. The molecule has 3 aromatic rings. The minimum Gasteiger partial charge on any atom is -0.492 e. The normalized spacial score (nSPS) is 11.8. The molecule has 0 aliphatic rings. The van der Waals surface area contributed by atoms with Crippen molar-refractivity contribution in [3.8, 4) is 11.5 Å². The summed E-state index contributed by atoms with van der Waals surface area (Å²) in [6.07, 6.45) is -0.401. The molecule has 1 aromatic heterocycles. The number of halogens is 2. The summed E-state index contributed by atoms with van der Waals surface area (Å²) in [6.45, 7) is 6.90. The van der Waals surface area contributed by atoms with Crippen LogP contribution in [0.5, 0.6) is 11.5 Å². The van der Waals surface area contributed by atoms with Gasteiger partial charge in [-0.05, 0) is 51.1 Å². The average molecular weight is 495 g/mol. The fourth-order valence-corrected chi connectivity index (χ4v) is 4.25. The Morgan fingerprint density at radius 3 is 2.66 bits per heavy atom. The number of anilines is 1. The SMILES string of the molecule is CCOc1ccccc1NC(=O)CSc1nnc(C(C)Oc2ccc(Cl)cc2Cl)n1CC. The maximum Gasteiger partial charge on any atom is 0.234 e. The van der Waals surface area contributed by atoms with E-state index < -0.39 is 6.10 Å². The van der Waals surface area contributed by atoms with Crippen molar-refractivity contribution in [3.63, 3.8) is 0 Å². The van der Waals surface area contributed by atoms with Crippen LogP contribution >= 0.6 is 35.0 Å². The number of hydrogen-bond donors (Lipinski definition) is 1. The van der Waals surface area contributed by atoms with Gasteiger partial charge in [0, 0.05) is 11.6 Å². The van der Waals surface area contributed by atoms with Gasteiger partial charge in [-0.2, -0.15) is 0 Å². The number of carbonyl (C=O) groups excluding carboxylic acids is 1. The summed E-state index contributed by atoms with van der Waals surface area (Å²) in [7, 11) is 0. The zero-order valence-corrected chi connectivity index (χ0v) is 20.3. The maximum absolute atomic E-state index is 12.5. The number of benzene rings is 2. The zero-order valence-electron chi connectivity index (χ0n) is 18.0. The molecule has 0 saturated carbocycles. The van der Waals surface area contributed by atoms with Crippen molar-refractivity contribution < 1.29 is 14.3 Å². The summed E-state index contributed by atoms with van der Waals surface area (Å²) < 4.78 is 13.4. The summed E-state index contributed by atoms with van der Waals surface area (Å²) in [5.74, 6) is 1.81. The topological polar surface area (TPSA) is 78.3 Å². The average Bonchev–Trinajstić information content (AvgIpc) is 3.19. The van der Waals surface area contributed by atoms with Crippen LogP contribution in [0.4, 0.5) is 5.69 Å². The molecule has 32 heavy (non-hydrogen) atoms. The number of hydrogen-bond acceptors (Lipinski definition) is 6. The van der Waals surface area contributed by atoms with E-state index in [4.69, 9.17) is 32.7 Å². The van der Waals surface area contributed by atoms with Crippen molar-refractivity contribution in [2.45, 2.75) is 38.6 Å². The molecule has 0 aliphatic heterocycles. The third-order valence-electron chi connectivity index (χ3n) is 4.42. The Morgan fingerprint density at radius 1 is 1.16 bits per heavy atom. The molecule has 1 N–H and O–H groups in total. The van der Waals surface area contributed by atoms with E-state index in [1.165, 1.54) is 11.8 Å². The van der Waals surface area contributed by atoms with Crippen LogP contribution in [0.2, 0.25) is 10.0 Å². The Bertz CT molecular complexity index is 1080. The van der Waals surface area contributed by atoms with Crippen LogP contribution in [-0.2, 0) is 11.3 Å². The number of amides is 1. The highest BCUT2D eigenvalue weighted by molar-refractivity contribution is 7.99. The molecule has 1 unspecified atom stereocenters. The van der Waals surface area contributed by atoms with Crippen LogP contribution in [0.3, 0.4) is 0 Å². The van der Waals surface area contributed by atoms with E-state index in [-0.39, 0.29) is 11.7 Å². The highest BCUT2D eigenvalue weighted by Gasteiger charge is 2.20. The first-order chi connectivity index (χ1) is 15.4. The van der Waals surface area contributed by atoms with Gasteiger partial charge < -0.3 is 19.4 Å². The lowest BCUT2D eigenvalue weighted by molar-refractivity contribution is -0.113. The van der Waals surface area contributed by atoms with Gasteiger partial charge in [0.25, 0.3) is 0 Å². The standard InChI is InChI=1S/C22H24Cl2N4O3S/c1-4-28-21(14(3)31-18-11-10-15(23)12-16(18)24)26-27-22(28)32-13-20(29)25-17-8-6-7-9-19(17)30-5-2/h6-12,14H,4-5,13H2,1-3H3,(H,25,29). The maximum atomic E-state index is 12.5. The van der Waals surface area contributed by atoms with Gasteiger partial charge in [0.15, 0.2) is 17.1 Å². The number of rotatable bonds is 10. The Kier molecular flexibility index (Phi) is 8.67. The molecule has 0 bridgehead atoms. The molecule has 0 radical (unpaired) electrons. The van der Waals surface area contributed by atoms with Crippen molar-refractivity contribution in [3.05, 3.63) is 58.3 Å². The second-order valence-electron chi connectivity index (χ2n) is 6.69. The predicted molar refractivity (Wildman–Crippen MR) is 128 cm³/mol. The molecule has 170 valence electrons. The van der Waals surface area contributed by atoms with Gasteiger partial charge in [-0.1, -0.05) is 47.1 Å². The Morgan fingerprint density at radius 2 is 1.94 bits per heavy atom. The quantitative estimate of drug-likeness (QED) is 0.354. The van der Waals surface area contributed by atoms with Crippen LogP contribution < -0.4 is 14.8 Å². The molecule has 7 nitrogen and oxygen atoms in total. The minimum absolute atomic E-state index is 0.161. The fourth-order valence-electron chi connectivity index (χ4n) is 2.99. The molecular weight excluding hydrogens is 471 g/mol. The molecule has 10 heteroatoms. The van der Waals surface area contributed by atoms with Crippen molar-refractivity contribution in [1.29, 1.82) is 0 Å². The molecule has 1 atom stereocenters. The van der Waals surface area contributed by atoms with E-state index in [2.05, 4.69) is 15.5 Å². The monoisotopic (exact) mass is 494 g/mol. The van der Waals surface area contributed by atoms with Gasteiger partial charge in [-0.25, -0.2) is 0 Å². The van der Waals surface area contributed by atoms with Crippen molar-refractivity contribution in [2.75, 3.05) is 17.7 Å². The zero-order chi connectivity index (χ0) is 23.1. The highest BCUT2D eigenvalue weighted by Crippen LogP contribution is 2.32. The lowest BCUT2D eigenvalue weighted by atomic mass is 10.3. The summed E-state index contributed by atoms with van der Waals surface area (Å²) >= 11 is 13.5. The second kappa shape index (κ2) is 11.4. The van der Waals surface area contributed by atoms with E-state index in [1.807, 2.05) is 43.5 Å². The molecule has 1 heterocycles. The van der Waals surface area contributed by atoms with Gasteiger partial charge in [0.2, 0.25) is 5.91 Å². The van der Waals surface area contributed by atoms with Crippen LogP contribution in [0, 0.1) is 0 Å². The highest BCUT2D eigenvalue weighted by atomic mass is 35.5. The molecule has 0 spiro atoms. The number of nitrogens with zero attached hydrogens (tertiary/aromatic N) is 3. The van der Waals surface area contributed by atoms with E-state index in [0.717, 1.165) is 0 Å². The number of para-hydroxylation sites is 2.